The number of rotatable bonds is 5. The first-order chi connectivity index (χ1) is 16.7. The molecule has 7 N–H and O–H groups in total. The van der Waals surface area contributed by atoms with Crippen molar-refractivity contribution in [3.63, 3.8) is 0 Å². The molecule has 12 heteroatoms. The maximum absolute atomic E-state index is 12.2. The number of aliphatic hydroxyl groups excluding tert-OH is 4. The molecule has 0 aliphatic carbocycles. The fraction of sp³-hybridized carbons (Fsp3) is 0.478. The van der Waals surface area contributed by atoms with Gasteiger partial charge in [-0.2, -0.15) is 0 Å². The number of nitrogens with one attached hydrogen (secondary N) is 1. The molecule has 0 saturated carbocycles. The number of hydrogen-bond acceptors (Lipinski definition) is 10. The van der Waals surface area contributed by atoms with Gasteiger partial charge < -0.3 is 40.4 Å². The summed E-state index contributed by atoms with van der Waals surface area (Å²) in [6.07, 6.45) is -10.9. The molecule has 3 heterocycles. The molecule has 188 valence electrons. The van der Waals surface area contributed by atoms with Crippen LogP contribution in [0.4, 0.5) is 0 Å². The topological polar surface area (TPSA) is 189 Å². The van der Waals surface area contributed by atoms with E-state index in [0.29, 0.717) is 5.56 Å². The van der Waals surface area contributed by atoms with Crippen molar-refractivity contribution in [2.24, 2.45) is 5.73 Å². The number of hydrogen-bond donors (Lipinski definition) is 6. The molecule has 35 heavy (non-hydrogen) atoms. The van der Waals surface area contributed by atoms with E-state index in [9.17, 15) is 30.0 Å². The molecule has 9 atom stereocenters. The van der Waals surface area contributed by atoms with E-state index in [0.717, 1.165) is 22.4 Å². The lowest BCUT2D eigenvalue weighted by Crippen LogP contribution is -2.43. The van der Waals surface area contributed by atoms with E-state index >= 15 is 0 Å². The molecule has 2 saturated heterocycles. The average Bonchev–Trinajstić information content (AvgIpc) is 3.27. The second-order valence-electron chi connectivity index (χ2n) is 8.39. The number of H-pyrrole nitrogens is 1. The van der Waals surface area contributed by atoms with Crippen LogP contribution in [0, 0.1) is 18.8 Å². The van der Waals surface area contributed by atoms with Gasteiger partial charge in [-0.15, -0.1) is 0 Å². The van der Waals surface area contributed by atoms with E-state index in [1.807, 2.05) is 19.1 Å². The monoisotopic (exact) mass is 489 g/mol. The second kappa shape index (κ2) is 10.4. The molecule has 1 aromatic heterocycles. The molecule has 1 aromatic carbocycles. The highest BCUT2D eigenvalue weighted by molar-refractivity contribution is 5.41. The third-order valence-corrected chi connectivity index (χ3v) is 6.02. The van der Waals surface area contributed by atoms with Gasteiger partial charge in [0.05, 0.1) is 0 Å². The summed E-state index contributed by atoms with van der Waals surface area (Å²) in [7, 11) is 0. The maximum atomic E-state index is 12.2. The van der Waals surface area contributed by atoms with Crippen molar-refractivity contribution >= 4 is 0 Å². The zero-order chi connectivity index (χ0) is 25.3. The highest BCUT2D eigenvalue weighted by atomic mass is 16.7. The zero-order valence-electron chi connectivity index (χ0n) is 18.7. The van der Waals surface area contributed by atoms with Gasteiger partial charge in [-0.05, 0) is 18.6 Å². The van der Waals surface area contributed by atoms with Crippen LogP contribution in [0.25, 0.3) is 0 Å². The smallest absolute Gasteiger partial charge is 0.330 e. The number of aromatic nitrogens is 2. The van der Waals surface area contributed by atoms with Gasteiger partial charge >= 0.3 is 5.69 Å². The maximum Gasteiger partial charge on any atom is 0.330 e. The van der Waals surface area contributed by atoms with Crippen LogP contribution < -0.4 is 17.0 Å². The van der Waals surface area contributed by atoms with Crippen molar-refractivity contribution in [3.05, 3.63) is 68.5 Å². The molecule has 0 spiro atoms. The molecular weight excluding hydrogens is 462 g/mol. The SMILES string of the molecule is Cc1ccccc1C#C[C@H](O[C@@H]1O[C@H](CN)[C@@H](O)[C@H]1O)[C@H]1O[C@@H](n2ccc(=O)[nH]c2=O)[C@H](O)[C@@H]1O. The minimum atomic E-state index is -1.58. The van der Waals surface area contributed by atoms with Crippen LogP contribution in [0.2, 0.25) is 0 Å². The van der Waals surface area contributed by atoms with Crippen LogP contribution in [0.1, 0.15) is 17.4 Å². The Morgan fingerprint density at radius 1 is 1.09 bits per heavy atom. The first-order valence-electron chi connectivity index (χ1n) is 11.0. The highest BCUT2D eigenvalue weighted by Gasteiger charge is 2.50. The van der Waals surface area contributed by atoms with Crippen molar-refractivity contribution in [1.29, 1.82) is 0 Å². The van der Waals surface area contributed by atoms with Crippen LogP contribution in [0.5, 0.6) is 0 Å². The van der Waals surface area contributed by atoms with E-state index in [1.165, 1.54) is 0 Å². The summed E-state index contributed by atoms with van der Waals surface area (Å²) >= 11 is 0. The van der Waals surface area contributed by atoms with Crippen LogP contribution in [-0.4, -0.2) is 85.5 Å². The van der Waals surface area contributed by atoms with E-state index in [-0.39, 0.29) is 6.54 Å². The molecule has 4 rings (SSSR count). The fourth-order valence-corrected chi connectivity index (χ4v) is 4.02. The van der Waals surface area contributed by atoms with Crippen LogP contribution in [0.3, 0.4) is 0 Å². The highest BCUT2D eigenvalue weighted by Crippen LogP contribution is 2.33. The fourth-order valence-electron chi connectivity index (χ4n) is 4.02. The Kier molecular flexibility index (Phi) is 7.50. The minimum absolute atomic E-state index is 0.0733. The zero-order valence-corrected chi connectivity index (χ0v) is 18.7. The van der Waals surface area contributed by atoms with Gasteiger partial charge in [-0.25, -0.2) is 4.79 Å². The molecule has 0 unspecified atom stereocenters. The molecule has 0 amide bonds. The van der Waals surface area contributed by atoms with Gasteiger partial charge in [0, 0.05) is 24.4 Å². The van der Waals surface area contributed by atoms with Gasteiger partial charge in [0.1, 0.15) is 36.6 Å². The Hall–Kier alpha value is -2.86. The number of nitrogens with zero attached hydrogens (tertiary/aromatic N) is 1. The second-order valence-corrected chi connectivity index (χ2v) is 8.39. The van der Waals surface area contributed by atoms with Crippen molar-refractivity contribution in [3.8, 4) is 11.8 Å². The molecule has 0 radical (unpaired) electrons. The first-order valence-corrected chi connectivity index (χ1v) is 11.0. The normalized spacial score (nSPS) is 33.3. The number of benzene rings is 1. The molecular formula is C23H27N3O9. The van der Waals surface area contributed by atoms with Gasteiger partial charge in [0.15, 0.2) is 18.6 Å². The van der Waals surface area contributed by atoms with Gasteiger partial charge in [0.25, 0.3) is 5.56 Å². The minimum Gasteiger partial charge on any atom is -0.387 e. The quantitative estimate of drug-likeness (QED) is 0.241. The third-order valence-electron chi connectivity index (χ3n) is 6.02. The van der Waals surface area contributed by atoms with E-state index < -0.39 is 66.5 Å². The summed E-state index contributed by atoms with van der Waals surface area (Å²) in [6, 6.07) is 8.34. The summed E-state index contributed by atoms with van der Waals surface area (Å²) < 4.78 is 18.0. The number of aliphatic hydroxyl groups is 4. The number of ether oxygens (including phenoxy) is 3. The lowest BCUT2D eigenvalue weighted by Gasteiger charge is -2.26. The third kappa shape index (κ3) is 5.08. The lowest BCUT2D eigenvalue weighted by molar-refractivity contribution is -0.205. The number of nitrogens with two attached hydrogens (primary N) is 1. The van der Waals surface area contributed by atoms with Crippen molar-refractivity contribution in [2.45, 2.75) is 62.2 Å². The van der Waals surface area contributed by atoms with Gasteiger partial charge in [0.2, 0.25) is 0 Å². The van der Waals surface area contributed by atoms with Crippen molar-refractivity contribution in [1.82, 2.24) is 9.55 Å². The summed E-state index contributed by atoms with van der Waals surface area (Å²) in [5, 5.41) is 41.9. The Morgan fingerprint density at radius 3 is 2.49 bits per heavy atom. The summed E-state index contributed by atoms with van der Waals surface area (Å²) in [5.41, 5.74) is 5.62. The Bertz CT molecular complexity index is 1220. The predicted molar refractivity (Wildman–Crippen MR) is 120 cm³/mol. The van der Waals surface area contributed by atoms with Crippen molar-refractivity contribution < 1.29 is 34.6 Å². The van der Waals surface area contributed by atoms with E-state index in [2.05, 4.69) is 16.8 Å². The van der Waals surface area contributed by atoms with Gasteiger partial charge in [-0.1, -0.05) is 30.0 Å². The van der Waals surface area contributed by atoms with Crippen molar-refractivity contribution in [2.75, 3.05) is 6.54 Å². The molecule has 2 aliphatic heterocycles. The predicted octanol–water partition coefficient (Wildman–Crippen LogP) is -2.69. The standard InChI is InChI=1S/C23H27N3O9/c1-11-4-2-3-5-12(11)6-7-13(33-22-19(31)16(28)14(10-24)34-22)20-17(29)18(30)21(35-20)26-9-8-15(27)25-23(26)32/h2-5,8-9,13-14,16-22,28-31H,10,24H2,1H3,(H,25,27,32)/t13-,14+,16+,17-,18+,19+,20+,21+,22+/m0/s1. The molecule has 2 aliphatic rings. The van der Waals surface area contributed by atoms with Crippen LogP contribution in [-0.2, 0) is 14.2 Å². The summed E-state index contributed by atoms with van der Waals surface area (Å²) in [4.78, 5) is 25.7. The first kappa shape index (κ1) is 25.2. The Balaban J connectivity index is 1.66. The number of aryl methyl sites for hydroxylation is 1. The van der Waals surface area contributed by atoms with E-state index in [1.54, 1.807) is 12.1 Å². The molecule has 2 fully saturated rings. The Morgan fingerprint density at radius 2 is 1.83 bits per heavy atom. The van der Waals surface area contributed by atoms with Crippen LogP contribution in [0.15, 0.2) is 46.1 Å². The van der Waals surface area contributed by atoms with Gasteiger partial charge in [-0.3, -0.25) is 14.3 Å². The molecule has 2 aromatic rings. The Labute approximate surface area is 199 Å². The molecule has 12 nitrogen and oxygen atoms in total. The van der Waals surface area contributed by atoms with Crippen LogP contribution >= 0.6 is 0 Å². The number of aromatic amines is 1. The molecule has 0 bridgehead atoms. The largest absolute Gasteiger partial charge is 0.387 e. The summed E-state index contributed by atoms with van der Waals surface area (Å²) in [6.45, 7) is 1.78. The summed E-state index contributed by atoms with van der Waals surface area (Å²) in [5.74, 6) is 5.78. The van der Waals surface area contributed by atoms with E-state index in [4.69, 9.17) is 19.9 Å². The lowest BCUT2D eigenvalue weighted by atomic mass is 10.0. The average molecular weight is 489 g/mol.